The van der Waals surface area contributed by atoms with Crippen LogP contribution in [-0.2, 0) is 0 Å². The summed E-state index contributed by atoms with van der Waals surface area (Å²) >= 11 is 0. The molecule has 4 rings (SSSR count). The van der Waals surface area contributed by atoms with Gasteiger partial charge in [-0.2, -0.15) is 5.10 Å². The fourth-order valence-electron chi connectivity index (χ4n) is 4.03. The van der Waals surface area contributed by atoms with Crippen LogP contribution in [0.2, 0.25) is 0 Å². The molecule has 0 bridgehead atoms. The normalized spacial score (nSPS) is 19.9. The van der Waals surface area contributed by atoms with Gasteiger partial charge in [0.1, 0.15) is 0 Å². The van der Waals surface area contributed by atoms with Crippen LogP contribution < -0.4 is 0 Å². The van der Waals surface area contributed by atoms with E-state index in [2.05, 4.69) is 24.0 Å². The van der Waals surface area contributed by atoms with Crippen molar-refractivity contribution in [3.63, 3.8) is 0 Å². The molecule has 1 N–H and O–H groups in total. The van der Waals surface area contributed by atoms with Crippen molar-refractivity contribution in [1.82, 2.24) is 15.1 Å². The third-order valence-electron chi connectivity index (χ3n) is 5.25. The molecule has 4 nitrogen and oxygen atoms in total. The zero-order chi connectivity index (χ0) is 18.8. The second kappa shape index (κ2) is 7.39. The summed E-state index contributed by atoms with van der Waals surface area (Å²) in [5.41, 5.74) is 4.74. The first-order valence-electron chi connectivity index (χ1n) is 9.60. The van der Waals surface area contributed by atoms with Crippen molar-refractivity contribution in [2.24, 2.45) is 11.8 Å². The van der Waals surface area contributed by atoms with Gasteiger partial charge < -0.3 is 4.90 Å². The number of aromatic amines is 1. The van der Waals surface area contributed by atoms with Crippen LogP contribution in [0.5, 0.6) is 0 Å². The minimum absolute atomic E-state index is 0.134. The van der Waals surface area contributed by atoms with Crippen LogP contribution in [-0.4, -0.2) is 34.1 Å². The summed E-state index contributed by atoms with van der Waals surface area (Å²) in [4.78, 5) is 14.8. The van der Waals surface area contributed by atoms with E-state index in [4.69, 9.17) is 0 Å². The minimum atomic E-state index is 0.134. The second-order valence-corrected chi connectivity index (χ2v) is 7.77. The van der Waals surface area contributed by atoms with E-state index in [-0.39, 0.29) is 5.91 Å². The number of likely N-dealkylation sites (tertiary alicyclic amines) is 1. The fraction of sp³-hybridized carbons (Fsp3) is 0.304. The fourth-order valence-corrected chi connectivity index (χ4v) is 4.03. The SMILES string of the molecule is C[C@H]1C[C@H](C)CN(C(=O)c2ccc(-c3cc(-c4ccccc4)n[nH]3)cc2)C1. The van der Waals surface area contributed by atoms with Gasteiger partial charge in [0.2, 0.25) is 0 Å². The molecule has 0 aliphatic carbocycles. The van der Waals surface area contributed by atoms with Crippen LogP contribution >= 0.6 is 0 Å². The maximum absolute atomic E-state index is 12.8. The van der Waals surface area contributed by atoms with Crippen molar-refractivity contribution in [2.45, 2.75) is 20.3 Å². The minimum Gasteiger partial charge on any atom is -0.338 e. The van der Waals surface area contributed by atoms with E-state index in [0.717, 1.165) is 41.2 Å². The Morgan fingerprint density at radius 1 is 0.963 bits per heavy atom. The lowest BCUT2D eigenvalue weighted by atomic mass is 9.91. The van der Waals surface area contributed by atoms with Crippen LogP contribution in [0.15, 0.2) is 60.7 Å². The molecule has 1 aliphatic rings. The highest BCUT2D eigenvalue weighted by molar-refractivity contribution is 5.94. The maximum Gasteiger partial charge on any atom is 0.253 e. The molecule has 1 amide bonds. The molecule has 3 aromatic rings. The summed E-state index contributed by atoms with van der Waals surface area (Å²) in [6.07, 6.45) is 1.20. The van der Waals surface area contributed by atoms with Crippen LogP contribution in [0.3, 0.4) is 0 Å². The first kappa shape index (κ1) is 17.5. The molecule has 27 heavy (non-hydrogen) atoms. The number of hydrogen-bond acceptors (Lipinski definition) is 2. The molecule has 138 valence electrons. The summed E-state index contributed by atoms with van der Waals surface area (Å²) in [6, 6.07) is 20.0. The number of nitrogens with one attached hydrogen (secondary N) is 1. The summed E-state index contributed by atoms with van der Waals surface area (Å²) in [6.45, 7) is 6.15. The predicted molar refractivity (Wildman–Crippen MR) is 108 cm³/mol. The van der Waals surface area contributed by atoms with Gasteiger partial charge >= 0.3 is 0 Å². The van der Waals surface area contributed by atoms with E-state index in [9.17, 15) is 4.79 Å². The maximum atomic E-state index is 12.8. The van der Waals surface area contributed by atoms with Crippen molar-refractivity contribution in [3.05, 3.63) is 66.2 Å². The number of amides is 1. The molecule has 1 saturated heterocycles. The summed E-state index contributed by atoms with van der Waals surface area (Å²) in [5.74, 6) is 1.27. The Labute approximate surface area is 160 Å². The Kier molecular flexibility index (Phi) is 4.80. The van der Waals surface area contributed by atoms with Crippen LogP contribution in [0.4, 0.5) is 0 Å². The first-order valence-corrected chi connectivity index (χ1v) is 9.60. The van der Waals surface area contributed by atoms with Gasteiger partial charge in [-0.1, -0.05) is 56.3 Å². The zero-order valence-corrected chi connectivity index (χ0v) is 15.9. The Hall–Kier alpha value is -2.88. The Balaban J connectivity index is 1.51. The topological polar surface area (TPSA) is 49.0 Å². The van der Waals surface area contributed by atoms with Gasteiger partial charge in [0.25, 0.3) is 5.91 Å². The predicted octanol–water partition coefficient (Wildman–Crippen LogP) is 4.86. The summed E-state index contributed by atoms with van der Waals surface area (Å²) in [5, 5.41) is 7.51. The molecule has 4 heteroatoms. The number of piperidine rings is 1. The monoisotopic (exact) mass is 359 g/mol. The number of rotatable bonds is 3. The van der Waals surface area contributed by atoms with E-state index in [1.165, 1.54) is 6.42 Å². The van der Waals surface area contributed by atoms with Crippen molar-refractivity contribution in [1.29, 1.82) is 0 Å². The molecule has 1 aromatic heterocycles. The number of hydrogen-bond donors (Lipinski definition) is 1. The molecule has 2 aromatic carbocycles. The van der Waals surface area contributed by atoms with Gasteiger partial charge in [-0.25, -0.2) is 0 Å². The quantitative estimate of drug-likeness (QED) is 0.726. The molecule has 0 unspecified atom stereocenters. The number of H-pyrrole nitrogens is 1. The Morgan fingerprint density at radius 2 is 1.63 bits per heavy atom. The van der Waals surface area contributed by atoms with Crippen molar-refractivity contribution in [2.75, 3.05) is 13.1 Å². The van der Waals surface area contributed by atoms with E-state index in [1.54, 1.807) is 0 Å². The standard InChI is InChI=1S/C23H25N3O/c1-16-12-17(2)15-26(14-16)23(27)20-10-8-19(9-11-20)22-13-21(24-25-22)18-6-4-3-5-7-18/h3-11,13,16-17H,12,14-15H2,1-2H3,(H,24,25)/t16-,17-/m0/s1. The highest BCUT2D eigenvalue weighted by Crippen LogP contribution is 2.25. The lowest BCUT2D eigenvalue weighted by Gasteiger charge is -2.35. The molecular weight excluding hydrogens is 334 g/mol. The van der Waals surface area contributed by atoms with Gasteiger partial charge in [-0.3, -0.25) is 9.89 Å². The van der Waals surface area contributed by atoms with Crippen molar-refractivity contribution < 1.29 is 4.79 Å². The van der Waals surface area contributed by atoms with Crippen LogP contribution in [0.1, 0.15) is 30.6 Å². The van der Waals surface area contributed by atoms with E-state index in [1.807, 2.05) is 65.6 Å². The van der Waals surface area contributed by atoms with E-state index >= 15 is 0 Å². The third kappa shape index (κ3) is 3.80. The highest BCUT2D eigenvalue weighted by atomic mass is 16.2. The molecule has 0 saturated carbocycles. The largest absolute Gasteiger partial charge is 0.338 e. The highest BCUT2D eigenvalue weighted by Gasteiger charge is 2.26. The number of benzene rings is 2. The molecule has 0 radical (unpaired) electrons. The molecule has 0 spiro atoms. The molecule has 2 heterocycles. The van der Waals surface area contributed by atoms with E-state index < -0.39 is 0 Å². The van der Waals surface area contributed by atoms with Crippen LogP contribution in [0, 0.1) is 11.8 Å². The van der Waals surface area contributed by atoms with Crippen LogP contribution in [0.25, 0.3) is 22.5 Å². The third-order valence-corrected chi connectivity index (χ3v) is 5.25. The van der Waals surface area contributed by atoms with Crippen molar-refractivity contribution in [3.8, 4) is 22.5 Å². The molecular formula is C23H25N3O. The number of nitrogens with zero attached hydrogens (tertiary/aromatic N) is 2. The molecule has 1 fully saturated rings. The first-order chi connectivity index (χ1) is 13.1. The number of carbonyl (C=O) groups excluding carboxylic acids is 1. The van der Waals surface area contributed by atoms with Gasteiger partial charge in [-0.05, 0) is 42.0 Å². The number of carbonyl (C=O) groups is 1. The lowest BCUT2D eigenvalue weighted by Crippen LogP contribution is -2.42. The van der Waals surface area contributed by atoms with E-state index in [0.29, 0.717) is 11.8 Å². The summed E-state index contributed by atoms with van der Waals surface area (Å²) in [7, 11) is 0. The van der Waals surface area contributed by atoms with Gasteiger partial charge in [0, 0.05) is 24.2 Å². The van der Waals surface area contributed by atoms with Gasteiger partial charge in [-0.15, -0.1) is 0 Å². The zero-order valence-electron chi connectivity index (χ0n) is 15.9. The number of aromatic nitrogens is 2. The lowest BCUT2D eigenvalue weighted by molar-refractivity contribution is 0.0623. The Bertz CT molecular complexity index is 904. The molecule has 2 atom stereocenters. The summed E-state index contributed by atoms with van der Waals surface area (Å²) < 4.78 is 0. The average molecular weight is 359 g/mol. The average Bonchev–Trinajstić information content (AvgIpc) is 3.18. The van der Waals surface area contributed by atoms with Crippen molar-refractivity contribution >= 4 is 5.91 Å². The second-order valence-electron chi connectivity index (χ2n) is 7.77. The van der Waals surface area contributed by atoms with Gasteiger partial charge in [0.15, 0.2) is 0 Å². The molecule has 1 aliphatic heterocycles. The Morgan fingerprint density at radius 3 is 2.30 bits per heavy atom. The van der Waals surface area contributed by atoms with Gasteiger partial charge in [0.05, 0.1) is 11.4 Å². The smallest absolute Gasteiger partial charge is 0.253 e.